The van der Waals surface area contributed by atoms with Gasteiger partial charge in [-0.3, -0.25) is 4.79 Å². The fourth-order valence-electron chi connectivity index (χ4n) is 1.29. The maximum absolute atomic E-state index is 11.6. The molecule has 0 atom stereocenters. The normalized spacial score (nSPS) is 10.9. The Morgan fingerprint density at radius 3 is 2.33 bits per heavy atom. The molecule has 0 aromatic heterocycles. The minimum atomic E-state index is -4.06. The maximum atomic E-state index is 11.6. The van der Waals surface area contributed by atoms with Gasteiger partial charge in [0.05, 0.1) is 12.0 Å². The van der Waals surface area contributed by atoms with Gasteiger partial charge in [0.25, 0.3) is 0 Å². The molecule has 0 spiro atoms. The number of aliphatic carboxylic acids is 1. The van der Waals surface area contributed by atoms with E-state index in [1.54, 1.807) is 0 Å². The zero-order chi connectivity index (χ0) is 13.9. The predicted octanol–water partition coefficient (Wildman–Crippen LogP) is 0.252. The number of ether oxygens (including phenoxy) is 1. The molecule has 0 aliphatic rings. The Kier molecular flexibility index (Phi) is 3.92. The van der Waals surface area contributed by atoms with Crippen LogP contribution in [-0.2, 0) is 14.6 Å². The molecule has 0 unspecified atom stereocenters. The highest BCUT2D eigenvalue weighted by molar-refractivity contribution is 7.92. The number of hydrogen-bond acceptors (Lipinski definition) is 5. The molecule has 0 saturated carbocycles. The Balaban J connectivity index is 3.32. The molecule has 7 nitrogen and oxygen atoms in total. The molecule has 1 aromatic rings. The van der Waals surface area contributed by atoms with Crippen LogP contribution >= 0.6 is 0 Å². The van der Waals surface area contributed by atoms with Gasteiger partial charge in [-0.1, -0.05) is 0 Å². The number of carbonyl (C=O) groups is 2. The van der Waals surface area contributed by atoms with E-state index < -0.39 is 27.5 Å². The molecule has 0 saturated heterocycles. The minimum absolute atomic E-state index is 0.00299. The van der Waals surface area contributed by atoms with Crippen LogP contribution in [0, 0.1) is 0 Å². The minimum Gasteiger partial charge on any atom is -0.496 e. The molecule has 0 radical (unpaired) electrons. The number of hydrogen-bond donors (Lipinski definition) is 2. The average molecular weight is 274 g/mol. The third kappa shape index (κ3) is 2.98. The topological polar surface area (TPSA) is 118 Å². The molecule has 1 rings (SSSR count). The first-order chi connectivity index (χ1) is 8.27. The monoisotopic (exact) mass is 274 g/mol. The van der Waals surface area contributed by atoms with Crippen molar-refractivity contribution < 1.29 is 33.0 Å². The van der Waals surface area contributed by atoms with Crippen LogP contribution in [0.15, 0.2) is 23.1 Å². The molecule has 0 fully saturated rings. The van der Waals surface area contributed by atoms with Crippen LogP contribution in [0.25, 0.3) is 0 Å². The third-order valence-electron chi connectivity index (χ3n) is 2.07. The van der Waals surface area contributed by atoms with Crippen LogP contribution in [0.4, 0.5) is 0 Å². The Labute approximate surface area is 103 Å². The third-order valence-corrected chi connectivity index (χ3v) is 3.67. The molecule has 98 valence electrons. The lowest BCUT2D eigenvalue weighted by Crippen LogP contribution is -2.16. The molecule has 18 heavy (non-hydrogen) atoms. The van der Waals surface area contributed by atoms with Crippen LogP contribution < -0.4 is 4.74 Å². The first kappa shape index (κ1) is 14.0. The Morgan fingerprint density at radius 1 is 1.28 bits per heavy atom. The number of sulfone groups is 1. The van der Waals surface area contributed by atoms with E-state index in [0.717, 1.165) is 18.2 Å². The fraction of sp³-hybridized carbons (Fsp3) is 0.200. The van der Waals surface area contributed by atoms with Gasteiger partial charge >= 0.3 is 11.9 Å². The summed E-state index contributed by atoms with van der Waals surface area (Å²) in [5, 5.41) is 17.3. The van der Waals surface area contributed by atoms with Crippen LogP contribution in [0.5, 0.6) is 5.75 Å². The van der Waals surface area contributed by atoms with Gasteiger partial charge in [0, 0.05) is 0 Å². The molecule has 1 aromatic carbocycles. The van der Waals surface area contributed by atoms with E-state index in [2.05, 4.69) is 0 Å². The zero-order valence-electron chi connectivity index (χ0n) is 9.28. The largest absolute Gasteiger partial charge is 0.496 e. The molecule has 0 bridgehead atoms. The van der Waals surface area contributed by atoms with Crippen LogP contribution in [0.1, 0.15) is 10.4 Å². The Morgan fingerprint density at radius 2 is 1.89 bits per heavy atom. The van der Waals surface area contributed by atoms with Gasteiger partial charge in [0.1, 0.15) is 11.3 Å². The second-order valence-corrected chi connectivity index (χ2v) is 5.31. The summed E-state index contributed by atoms with van der Waals surface area (Å²) in [5.41, 5.74) is -0.344. The van der Waals surface area contributed by atoms with Crippen molar-refractivity contribution in [1.82, 2.24) is 0 Å². The van der Waals surface area contributed by atoms with Crippen LogP contribution in [-0.4, -0.2) is 43.4 Å². The Hall–Kier alpha value is -2.09. The highest BCUT2D eigenvalue weighted by Crippen LogP contribution is 2.23. The zero-order valence-corrected chi connectivity index (χ0v) is 10.1. The lowest BCUT2D eigenvalue weighted by atomic mass is 10.2. The molecular weight excluding hydrogens is 264 g/mol. The van der Waals surface area contributed by atoms with Gasteiger partial charge < -0.3 is 14.9 Å². The van der Waals surface area contributed by atoms with Crippen molar-refractivity contribution in [2.24, 2.45) is 0 Å². The van der Waals surface area contributed by atoms with Crippen molar-refractivity contribution >= 4 is 21.8 Å². The summed E-state index contributed by atoms with van der Waals surface area (Å²) in [6.07, 6.45) is 0. The smallest absolute Gasteiger partial charge is 0.339 e. The van der Waals surface area contributed by atoms with Crippen molar-refractivity contribution in [3.63, 3.8) is 0 Å². The number of carboxylic acids is 2. The van der Waals surface area contributed by atoms with Gasteiger partial charge in [0.15, 0.2) is 15.6 Å². The molecule has 2 N–H and O–H groups in total. The van der Waals surface area contributed by atoms with Gasteiger partial charge in [-0.15, -0.1) is 0 Å². The summed E-state index contributed by atoms with van der Waals surface area (Å²) < 4.78 is 28.0. The van der Waals surface area contributed by atoms with E-state index in [1.807, 2.05) is 0 Å². The summed E-state index contributed by atoms with van der Waals surface area (Å²) in [5.74, 6) is -3.98. The molecule has 0 amide bonds. The van der Waals surface area contributed by atoms with E-state index in [9.17, 15) is 18.0 Å². The van der Waals surface area contributed by atoms with Gasteiger partial charge in [-0.05, 0) is 18.2 Å². The predicted molar refractivity (Wildman–Crippen MR) is 59.6 cm³/mol. The van der Waals surface area contributed by atoms with Crippen molar-refractivity contribution in [1.29, 1.82) is 0 Å². The molecule has 0 heterocycles. The van der Waals surface area contributed by atoms with E-state index in [1.165, 1.54) is 7.11 Å². The fourth-order valence-corrected chi connectivity index (χ4v) is 2.36. The van der Waals surface area contributed by atoms with Crippen molar-refractivity contribution in [2.75, 3.05) is 12.9 Å². The van der Waals surface area contributed by atoms with Crippen LogP contribution in [0.3, 0.4) is 0 Å². The van der Waals surface area contributed by atoms with Crippen LogP contribution in [0.2, 0.25) is 0 Å². The first-order valence-electron chi connectivity index (χ1n) is 4.64. The SMILES string of the molecule is COc1ccc(S(=O)(=O)CC(=O)O)cc1C(=O)O. The number of carboxylic acid groups (broad SMARTS) is 2. The van der Waals surface area contributed by atoms with E-state index in [4.69, 9.17) is 14.9 Å². The van der Waals surface area contributed by atoms with Crippen molar-refractivity contribution in [3.8, 4) is 5.75 Å². The number of rotatable bonds is 5. The average Bonchev–Trinajstić information content (AvgIpc) is 2.26. The number of benzene rings is 1. The second-order valence-electron chi connectivity index (χ2n) is 3.32. The van der Waals surface area contributed by atoms with Crippen molar-refractivity contribution in [3.05, 3.63) is 23.8 Å². The van der Waals surface area contributed by atoms with Gasteiger partial charge in [0.2, 0.25) is 0 Å². The molecular formula is C10H10O7S. The standard InChI is InChI=1S/C10H10O7S/c1-17-8-3-2-6(4-7(8)10(13)14)18(15,16)5-9(11)12/h2-4H,5H2,1H3,(H,11,12)(H,13,14). The van der Waals surface area contributed by atoms with E-state index in [0.29, 0.717) is 0 Å². The highest BCUT2D eigenvalue weighted by Gasteiger charge is 2.22. The summed E-state index contributed by atoms with van der Waals surface area (Å²) in [7, 11) is -2.82. The number of methoxy groups -OCH3 is 1. The van der Waals surface area contributed by atoms with Gasteiger partial charge in [-0.2, -0.15) is 0 Å². The lowest BCUT2D eigenvalue weighted by Gasteiger charge is -2.07. The van der Waals surface area contributed by atoms with Gasteiger partial charge in [-0.25, -0.2) is 13.2 Å². The maximum Gasteiger partial charge on any atom is 0.339 e. The van der Waals surface area contributed by atoms with Crippen molar-refractivity contribution in [2.45, 2.75) is 4.90 Å². The molecule has 0 aliphatic heterocycles. The summed E-state index contributed by atoms with van der Waals surface area (Å²) in [6.45, 7) is 0. The summed E-state index contributed by atoms with van der Waals surface area (Å²) >= 11 is 0. The second kappa shape index (κ2) is 5.05. The van der Waals surface area contributed by atoms with E-state index in [-0.39, 0.29) is 16.2 Å². The summed E-state index contributed by atoms with van der Waals surface area (Å²) in [4.78, 5) is 20.9. The first-order valence-corrected chi connectivity index (χ1v) is 6.29. The summed E-state index contributed by atoms with van der Waals surface area (Å²) in [6, 6.07) is 3.14. The number of aromatic carboxylic acids is 1. The molecule has 0 aliphatic carbocycles. The Bertz CT molecular complexity index is 588. The quantitative estimate of drug-likeness (QED) is 0.790. The molecule has 8 heteroatoms. The highest BCUT2D eigenvalue weighted by atomic mass is 32.2. The lowest BCUT2D eigenvalue weighted by molar-refractivity contribution is -0.134. The van der Waals surface area contributed by atoms with E-state index >= 15 is 0 Å².